The summed E-state index contributed by atoms with van der Waals surface area (Å²) in [6, 6.07) is 10.4. The van der Waals surface area contributed by atoms with E-state index in [9.17, 15) is 0 Å². The van der Waals surface area contributed by atoms with Crippen LogP contribution in [0, 0.1) is 11.8 Å². The van der Waals surface area contributed by atoms with Crippen molar-refractivity contribution in [3.8, 4) is 0 Å². The van der Waals surface area contributed by atoms with Crippen LogP contribution in [-0.2, 0) is 9.47 Å². The predicted molar refractivity (Wildman–Crippen MR) is 88.5 cm³/mol. The maximum atomic E-state index is 6.00. The Morgan fingerprint density at radius 2 is 1.62 bits per heavy atom. The second kappa shape index (κ2) is 10.8. The number of benzene rings is 1. The third kappa shape index (κ3) is 8.86. The highest BCUT2D eigenvalue weighted by Gasteiger charge is 2.11. The first-order valence-electron chi connectivity index (χ1n) is 8.04. The molecule has 3 heteroatoms. The molecule has 1 aromatic rings. The van der Waals surface area contributed by atoms with Gasteiger partial charge in [-0.1, -0.05) is 58.0 Å². The fourth-order valence-electron chi connectivity index (χ4n) is 2.01. The lowest BCUT2D eigenvalue weighted by molar-refractivity contribution is -0.00146. The summed E-state index contributed by atoms with van der Waals surface area (Å²) in [6.45, 7) is 12.7. The van der Waals surface area contributed by atoms with Crippen molar-refractivity contribution >= 4 is 0 Å². The van der Waals surface area contributed by atoms with Crippen LogP contribution in [0.5, 0.6) is 0 Å². The molecule has 0 aromatic heterocycles. The summed E-state index contributed by atoms with van der Waals surface area (Å²) in [5.41, 5.74) is 1.22. The molecule has 0 saturated carbocycles. The van der Waals surface area contributed by atoms with E-state index in [1.807, 2.05) is 6.07 Å². The van der Waals surface area contributed by atoms with Gasteiger partial charge in [0.25, 0.3) is 0 Å². The average molecular weight is 293 g/mol. The van der Waals surface area contributed by atoms with Crippen LogP contribution >= 0.6 is 0 Å². The molecular formula is C18H31NO2. The second-order valence-electron chi connectivity index (χ2n) is 6.29. The molecule has 1 aromatic carbocycles. The van der Waals surface area contributed by atoms with E-state index in [1.54, 1.807) is 0 Å². The lowest BCUT2D eigenvalue weighted by atomic mass is 10.1. The summed E-state index contributed by atoms with van der Waals surface area (Å²) in [4.78, 5) is 0. The van der Waals surface area contributed by atoms with E-state index in [4.69, 9.17) is 9.47 Å². The topological polar surface area (TPSA) is 30.5 Å². The molecular weight excluding hydrogens is 262 g/mol. The van der Waals surface area contributed by atoms with Gasteiger partial charge < -0.3 is 14.8 Å². The first kappa shape index (κ1) is 18.1. The number of hydrogen-bond donors (Lipinski definition) is 1. The van der Waals surface area contributed by atoms with E-state index in [1.165, 1.54) is 5.56 Å². The lowest BCUT2D eigenvalue weighted by Crippen LogP contribution is -2.27. The van der Waals surface area contributed by atoms with E-state index in [0.29, 0.717) is 25.0 Å². The van der Waals surface area contributed by atoms with Crippen molar-refractivity contribution in [2.24, 2.45) is 11.8 Å². The Hall–Kier alpha value is -0.900. The summed E-state index contributed by atoms with van der Waals surface area (Å²) in [7, 11) is 0. The largest absolute Gasteiger partial charge is 0.379 e. The van der Waals surface area contributed by atoms with Crippen LogP contribution in [-0.4, -0.2) is 32.9 Å². The minimum absolute atomic E-state index is 0.0904. The normalized spacial score (nSPS) is 13.0. The summed E-state index contributed by atoms with van der Waals surface area (Å²) in [5.74, 6) is 1.22. The first-order chi connectivity index (χ1) is 10.1. The standard InChI is InChI=1S/C18H31NO2/c1-15(2)12-19-13-18(17-8-6-5-7-9-17)21-11-10-20-14-16(3)4/h5-9,15-16,18-19H,10-14H2,1-4H3. The maximum absolute atomic E-state index is 6.00. The maximum Gasteiger partial charge on any atom is 0.0950 e. The van der Waals surface area contributed by atoms with Gasteiger partial charge in [-0.05, 0) is 23.9 Å². The van der Waals surface area contributed by atoms with Crippen molar-refractivity contribution in [2.75, 3.05) is 32.9 Å². The molecule has 1 atom stereocenters. The molecule has 0 aliphatic heterocycles. The van der Waals surface area contributed by atoms with E-state index in [0.717, 1.165) is 19.7 Å². The summed E-state index contributed by atoms with van der Waals surface area (Å²) < 4.78 is 11.6. The zero-order valence-corrected chi connectivity index (χ0v) is 14.0. The molecule has 0 saturated heterocycles. The Balaban J connectivity index is 2.37. The van der Waals surface area contributed by atoms with Gasteiger partial charge in [0, 0.05) is 13.2 Å². The van der Waals surface area contributed by atoms with Gasteiger partial charge in [0.1, 0.15) is 0 Å². The van der Waals surface area contributed by atoms with Crippen LogP contribution < -0.4 is 5.32 Å². The van der Waals surface area contributed by atoms with Gasteiger partial charge >= 0.3 is 0 Å². The molecule has 0 spiro atoms. The minimum Gasteiger partial charge on any atom is -0.379 e. The van der Waals surface area contributed by atoms with Gasteiger partial charge in [-0.2, -0.15) is 0 Å². The molecule has 0 fully saturated rings. The quantitative estimate of drug-likeness (QED) is 0.632. The van der Waals surface area contributed by atoms with Crippen LogP contribution in [0.15, 0.2) is 30.3 Å². The van der Waals surface area contributed by atoms with Crippen LogP contribution in [0.3, 0.4) is 0 Å². The number of rotatable bonds is 11. The van der Waals surface area contributed by atoms with E-state index in [2.05, 4.69) is 57.3 Å². The average Bonchev–Trinajstić information content (AvgIpc) is 2.45. The van der Waals surface area contributed by atoms with Gasteiger partial charge in [0.2, 0.25) is 0 Å². The minimum atomic E-state index is 0.0904. The zero-order chi connectivity index (χ0) is 15.5. The summed E-state index contributed by atoms with van der Waals surface area (Å²) in [5, 5.41) is 3.48. The Morgan fingerprint density at radius 1 is 0.905 bits per heavy atom. The molecule has 0 radical (unpaired) electrons. The molecule has 0 aliphatic rings. The Bertz CT molecular complexity index is 351. The Labute approximate surface area is 130 Å². The highest BCUT2D eigenvalue weighted by Crippen LogP contribution is 2.16. The lowest BCUT2D eigenvalue weighted by Gasteiger charge is -2.20. The van der Waals surface area contributed by atoms with Gasteiger partial charge in [-0.25, -0.2) is 0 Å². The van der Waals surface area contributed by atoms with Gasteiger partial charge in [-0.3, -0.25) is 0 Å². The highest BCUT2D eigenvalue weighted by atomic mass is 16.5. The second-order valence-corrected chi connectivity index (χ2v) is 6.29. The molecule has 1 unspecified atom stereocenters. The summed E-state index contributed by atoms with van der Waals surface area (Å²) in [6.07, 6.45) is 0.0904. The highest BCUT2D eigenvalue weighted by molar-refractivity contribution is 5.17. The SMILES string of the molecule is CC(C)CNCC(OCCOCC(C)C)c1ccccc1. The van der Waals surface area contributed by atoms with Crippen LogP contribution in [0.2, 0.25) is 0 Å². The van der Waals surface area contributed by atoms with Crippen LogP contribution in [0.1, 0.15) is 39.4 Å². The molecule has 0 bridgehead atoms. The van der Waals surface area contributed by atoms with Crippen LogP contribution in [0.4, 0.5) is 0 Å². The fourth-order valence-corrected chi connectivity index (χ4v) is 2.01. The molecule has 1 rings (SSSR count). The van der Waals surface area contributed by atoms with E-state index < -0.39 is 0 Å². The number of hydrogen-bond acceptors (Lipinski definition) is 3. The Kier molecular flexibility index (Phi) is 9.31. The van der Waals surface area contributed by atoms with Gasteiger partial charge in [0.05, 0.1) is 19.3 Å². The first-order valence-corrected chi connectivity index (χ1v) is 8.04. The van der Waals surface area contributed by atoms with Crippen molar-refractivity contribution in [3.63, 3.8) is 0 Å². The molecule has 120 valence electrons. The molecule has 0 aliphatic carbocycles. The molecule has 3 nitrogen and oxygen atoms in total. The third-order valence-electron chi connectivity index (χ3n) is 3.05. The van der Waals surface area contributed by atoms with Crippen LogP contribution in [0.25, 0.3) is 0 Å². The third-order valence-corrected chi connectivity index (χ3v) is 3.05. The number of nitrogens with one attached hydrogen (secondary N) is 1. The van der Waals surface area contributed by atoms with E-state index >= 15 is 0 Å². The summed E-state index contributed by atoms with van der Waals surface area (Å²) >= 11 is 0. The number of ether oxygens (including phenoxy) is 2. The molecule has 0 amide bonds. The van der Waals surface area contributed by atoms with Crippen molar-refractivity contribution in [3.05, 3.63) is 35.9 Å². The fraction of sp³-hybridized carbons (Fsp3) is 0.667. The molecule has 1 N–H and O–H groups in total. The van der Waals surface area contributed by atoms with Gasteiger partial charge in [-0.15, -0.1) is 0 Å². The smallest absolute Gasteiger partial charge is 0.0950 e. The van der Waals surface area contributed by atoms with Crippen molar-refractivity contribution in [1.82, 2.24) is 5.32 Å². The molecule has 21 heavy (non-hydrogen) atoms. The van der Waals surface area contributed by atoms with Crippen molar-refractivity contribution in [1.29, 1.82) is 0 Å². The Morgan fingerprint density at radius 3 is 2.24 bits per heavy atom. The zero-order valence-electron chi connectivity index (χ0n) is 14.0. The molecule has 0 heterocycles. The van der Waals surface area contributed by atoms with Crippen molar-refractivity contribution < 1.29 is 9.47 Å². The van der Waals surface area contributed by atoms with E-state index in [-0.39, 0.29) is 6.10 Å². The monoisotopic (exact) mass is 293 g/mol. The van der Waals surface area contributed by atoms with Crippen molar-refractivity contribution in [2.45, 2.75) is 33.8 Å². The predicted octanol–water partition coefficient (Wildman–Crippen LogP) is 3.66. The van der Waals surface area contributed by atoms with Gasteiger partial charge in [0.15, 0.2) is 0 Å².